The van der Waals surface area contributed by atoms with Crippen molar-refractivity contribution in [2.45, 2.75) is 13.0 Å². The van der Waals surface area contributed by atoms with Crippen LogP contribution >= 0.6 is 15.9 Å². The third-order valence-corrected chi connectivity index (χ3v) is 2.40. The molecule has 1 aromatic carbocycles. The van der Waals surface area contributed by atoms with E-state index in [4.69, 9.17) is 4.74 Å². The first-order valence-electron chi connectivity index (χ1n) is 4.99. The number of ether oxygens (including phenoxy) is 1. The first-order valence-corrected chi connectivity index (χ1v) is 5.79. The molecule has 1 aromatic rings. The van der Waals surface area contributed by atoms with Crippen molar-refractivity contribution in [1.29, 1.82) is 0 Å². The maximum atomic E-state index is 10.9. The van der Waals surface area contributed by atoms with E-state index in [1.54, 1.807) is 7.05 Å². The minimum atomic E-state index is -0.204. The number of benzene rings is 1. The van der Waals surface area contributed by atoms with Gasteiger partial charge in [0, 0.05) is 11.5 Å². The molecule has 0 bridgehead atoms. The van der Waals surface area contributed by atoms with E-state index in [0.29, 0.717) is 6.54 Å². The van der Waals surface area contributed by atoms with Gasteiger partial charge in [0.1, 0.15) is 11.9 Å². The smallest absolute Gasteiger partial charge is 0.314 e. The SMILES string of the molecule is CNC(=O)NC[C@H](C)Oc1cccc(Br)c1. The number of amides is 2. The molecule has 1 rings (SSSR count). The van der Waals surface area contributed by atoms with E-state index in [-0.39, 0.29) is 12.1 Å². The summed E-state index contributed by atoms with van der Waals surface area (Å²) in [5.41, 5.74) is 0. The number of carbonyl (C=O) groups excluding carboxylic acids is 1. The van der Waals surface area contributed by atoms with Gasteiger partial charge in [-0.3, -0.25) is 0 Å². The Balaban J connectivity index is 2.39. The molecule has 16 heavy (non-hydrogen) atoms. The highest BCUT2D eigenvalue weighted by atomic mass is 79.9. The van der Waals surface area contributed by atoms with Crippen molar-refractivity contribution in [2.24, 2.45) is 0 Å². The van der Waals surface area contributed by atoms with Crippen molar-refractivity contribution in [3.8, 4) is 5.75 Å². The number of hydrogen-bond acceptors (Lipinski definition) is 2. The van der Waals surface area contributed by atoms with Crippen molar-refractivity contribution in [2.75, 3.05) is 13.6 Å². The van der Waals surface area contributed by atoms with Gasteiger partial charge in [-0.1, -0.05) is 22.0 Å². The van der Waals surface area contributed by atoms with Gasteiger partial charge in [0.05, 0.1) is 6.54 Å². The molecule has 0 aliphatic rings. The summed E-state index contributed by atoms with van der Waals surface area (Å²) in [6.07, 6.45) is -0.0772. The summed E-state index contributed by atoms with van der Waals surface area (Å²) in [5.74, 6) is 0.778. The zero-order valence-corrected chi connectivity index (χ0v) is 10.9. The van der Waals surface area contributed by atoms with E-state index in [0.717, 1.165) is 10.2 Å². The molecule has 5 heteroatoms. The highest BCUT2D eigenvalue weighted by Gasteiger charge is 2.05. The van der Waals surface area contributed by atoms with Crippen LogP contribution < -0.4 is 15.4 Å². The molecule has 1 atom stereocenters. The Hall–Kier alpha value is -1.23. The van der Waals surface area contributed by atoms with Crippen molar-refractivity contribution in [1.82, 2.24) is 10.6 Å². The van der Waals surface area contributed by atoms with Crippen LogP contribution in [0.1, 0.15) is 6.92 Å². The van der Waals surface area contributed by atoms with Crippen molar-refractivity contribution in [3.05, 3.63) is 28.7 Å². The lowest BCUT2D eigenvalue weighted by atomic mass is 10.3. The molecular weight excluding hydrogens is 272 g/mol. The summed E-state index contributed by atoms with van der Waals surface area (Å²) in [4.78, 5) is 10.9. The molecule has 0 aliphatic heterocycles. The van der Waals surface area contributed by atoms with E-state index in [9.17, 15) is 4.79 Å². The van der Waals surface area contributed by atoms with E-state index >= 15 is 0 Å². The van der Waals surface area contributed by atoms with Gasteiger partial charge in [0.2, 0.25) is 0 Å². The van der Waals surface area contributed by atoms with E-state index in [1.807, 2.05) is 31.2 Å². The summed E-state index contributed by atoms with van der Waals surface area (Å²) < 4.78 is 6.59. The molecule has 0 aliphatic carbocycles. The summed E-state index contributed by atoms with van der Waals surface area (Å²) in [6, 6.07) is 7.39. The van der Waals surface area contributed by atoms with Crippen LogP contribution in [-0.2, 0) is 0 Å². The summed E-state index contributed by atoms with van der Waals surface area (Å²) >= 11 is 3.37. The third kappa shape index (κ3) is 4.53. The fraction of sp³-hybridized carbons (Fsp3) is 0.364. The van der Waals surface area contributed by atoms with Gasteiger partial charge in [0.25, 0.3) is 0 Å². The quantitative estimate of drug-likeness (QED) is 0.891. The molecule has 0 saturated carbocycles. The predicted molar refractivity (Wildman–Crippen MR) is 66.7 cm³/mol. The largest absolute Gasteiger partial charge is 0.489 e. The fourth-order valence-corrected chi connectivity index (χ4v) is 1.52. The van der Waals surface area contributed by atoms with Crippen molar-refractivity contribution in [3.63, 3.8) is 0 Å². The number of carbonyl (C=O) groups is 1. The number of rotatable bonds is 4. The molecule has 0 fully saturated rings. The van der Waals surface area contributed by atoms with Crippen molar-refractivity contribution < 1.29 is 9.53 Å². The molecule has 0 spiro atoms. The van der Waals surface area contributed by atoms with Gasteiger partial charge in [0.15, 0.2) is 0 Å². The van der Waals surface area contributed by atoms with Crippen LogP contribution in [0.2, 0.25) is 0 Å². The minimum Gasteiger partial charge on any atom is -0.489 e. The topological polar surface area (TPSA) is 50.4 Å². The highest BCUT2D eigenvalue weighted by Crippen LogP contribution is 2.18. The van der Waals surface area contributed by atoms with Crippen LogP contribution in [0, 0.1) is 0 Å². The zero-order chi connectivity index (χ0) is 12.0. The lowest BCUT2D eigenvalue weighted by Gasteiger charge is -2.15. The first-order chi connectivity index (χ1) is 7.61. The monoisotopic (exact) mass is 286 g/mol. The van der Waals surface area contributed by atoms with Gasteiger partial charge in [-0.05, 0) is 25.1 Å². The normalized spacial score (nSPS) is 11.7. The van der Waals surface area contributed by atoms with E-state index in [2.05, 4.69) is 26.6 Å². The number of halogens is 1. The second kappa shape index (κ2) is 6.37. The van der Waals surface area contributed by atoms with Crippen LogP contribution in [0.5, 0.6) is 5.75 Å². The third-order valence-electron chi connectivity index (χ3n) is 1.91. The summed E-state index contributed by atoms with van der Waals surface area (Å²) in [7, 11) is 1.58. The minimum absolute atomic E-state index is 0.0772. The summed E-state index contributed by atoms with van der Waals surface area (Å²) in [5, 5.41) is 5.16. The highest BCUT2D eigenvalue weighted by molar-refractivity contribution is 9.10. The van der Waals surface area contributed by atoms with E-state index < -0.39 is 0 Å². The van der Waals surface area contributed by atoms with Gasteiger partial charge in [-0.25, -0.2) is 4.79 Å². The molecule has 0 heterocycles. The lowest BCUT2D eigenvalue weighted by molar-refractivity contribution is 0.208. The molecule has 0 radical (unpaired) electrons. The fourth-order valence-electron chi connectivity index (χ4n) is 1.14. The first kappa shape index (κ1) is 12.8. The van der Waals surface area contributed by atoms with Gasteiger partial charge in [-0.15, -0.1) is 0 Å². The second-order valence-electron chi connectivity index (χ2n) is 3.35. The maximum Gasteiger partial charge on any atom is 0.314 e. The molecule has 2 amide bonds. The average Bonchev–Trinajstić information content (AvgIpc) is 2.26. The number of hydrogen-bond donors (Lipinski definition) is 2. The summed E-state index contributed by atoms with van der Waals surface area (Å²) in [6.45, 7) is 2.36. The Morgan fingerprint density at radius 3 is 2.94 bits per heavy atom. The number of urea groups is 1. The van der Waals surface area contributed by atoms with Crippen LogP contribution in [0.3, 0.4) is 0 Å². The molecule has 2 N–H and O–H groups in total. The Morgan fingerprint density at radius 1 is 1.56 bits per heavy atom. The van der Waals surface area contributed by atoms with Crippen molar-refractivity contribution >= 4 is 22.0 Å². The molecule has 0 saturated heterocycles. The van der Waals surface area contributed by atoms with E-state index in [1.165, 1.54) is 0 Å². The number of nitrogens with one attached hydrogen (secondary N) is 2. The van der Waals surface area contributed by atoms with Crippen LogP contribution in [0.25, 0.3) is 0 Å². The van der Waals surface area contributed by atoms with Gasteiger partial charge >= 0.3 is 6.03 Å². The maximum absolute atomic E-state index is 10.9. The van der Waals surface area contributed by atoms with Gasteiger partial charge in [-0.2, -0.15) is 0 Å². The van der Waals surface area contributed by atoms with Crippen LogP contribution in [-0.4, -0.2) is 25.7 Å². The molecule has 4 nitrogen and oxygen atoms in total. The zero-order valence-electron chi connectivity index (χ0n) is 9.29. The van der Waals surface area contributed by atoms with Crippen LogP contribution in [0.4, 0.5) is 4.79 Å². The second-order valence-corrected chi connectivity index (χ2v) is 4.26. The van der Waals surface area contributed by atoms with Crippen LogP contribution in [0.15, 0.2) is 28.7 Å². The Labute approximate surface area is 103 Å². The van der Waals surface area contributed by atoms with Gasteiger partial charge < -0.3 is 15.4 Å². The lowest BCUT2D eigenvalue weighted by Crippen LogP contribution is -2.38. The Kier molecular flexibility index (Phi) is 5.11. The molecular formula is C11H15BrN2O2. The predicted octanol–water partition coefficient (Wildman–Crippen LogP) is 2.15. The molecule has 88 valence electrons. The Morgan fingerprint density at radius 2 is 2.31 bits per heavy atom. The Bertz CT molecular complexity index is 358. The molecule has 0 aromatic heterocycles. The molecule has 0 unspecified atom stereocenters. The average molecular weight is 287 g/mol. The standard InChI is InChI=1S/C11H15BrN2O2/c1-8(7-14-11(15)13-2)16-10-5-3-4-9(12)6-10/h3-6,8H,7H2,1-2H3,(H2,13,14,15)/t8-/m0/s1.